The highest BCUT2D eigenvalue weighted by atomic mass is 16.4. The molecule has 20 heavy (non-hydrogen) atoms. The lowest BCUT2D eigenvalue weighted by Gasteiger charge is -2.07. The minimum Gasteiger partial charge on any atom is -0.478 e. The summed E-state index contributed by atoms with van der Waals surface area (Å²) >= 11 is 0. The van der Waals surface area contributed by atoms with Crippen LogP contribution in [-0.4, -0.2) is 16.1 Å². The Labute approximate surface area is 115 Å². The quantitative estimate of drug-likeness (QED) is 0.697. The lowest BCUT2D eigenvalue weighted by molar-refractivity contribution is 0.0697. The Morgan fingerprint density at radius 3 is 2.75 bits per heavy atom. The van der Waals surface area contributed by atoms with Crippen molar-refractivity contribution in [3.63, 3.8) is 0 Å². The topological polar surface area (TPSA) is 76.2 Å². The normalized spacial score (nSPS) is 10.6. The fourth-order valence-corrected chi connectivity index (χ4v) is 2.24. The van der Waals surface area contributed by atoms with Crippen molar-refractivity contribution in [3.05, 3.63) is 60.4 Å². The summed E-state index contributed by atoms with van der Waals surface area (Å²) in [6.07, 6.45) is 3.44. The molecule has 3 rings (SSSR count). The van der Waals surface area contributed by atoms with Crippen molar-refractivity contribution >= 4 is 22.4 Å². The summed E-state index contributed by atoms with van der Waals surface area (Å²) in [5, 5.41) is 10.9. The lowest BCUT2D eigenvalue weighted by Crippen LogP contribution is -1.96. The van der Waals surface area contributed by atoms with Gasteiger partial charge in [-0.2, -0.15) is 0 Å². The van der Waals surface area contributed by atoms with E-state index in [0.29, 0.717) is 5.69 Å². The maximum atomic E-state index is 11.0. The first-order valence-electron chi connectivity index (χ1n) is 6.12. The zero-order chi connectivity index (χ0) is 14.1. The van der Waals surface area contributed by atoms with E-state index in [4.69, 9.17) is 10.8 Å². The van der Waals surface area contributed by atoms with Gasteiger partial charge in [0.1, 0.15) is 0 Å². The minimum atomic E-state index is -0.942. The van der Waals surface area contributed by atoms with Crippen molar-refractivity contribution in [1.82, 2.24) is 4.98 Å². The number of carbonyl (C=O) groups is 1. The molecule has 4 nitrogen and oxygen atoms in total. The van der Waals surface area contributed by atoms with Crippen molar-refractivity contribution in [2.24, 2.45) is 0 Å². The summed E-state index contributed by atoms with van der Waals surface area (Å²) in [4.78, 5) is 15.1. The van der Waals surface area contributed by atoms with E-state index in [1.807, 2.05) is 24.3 Å². The van der Waals surface area contributed by atoms with Gasteiger partial charge in [0.2, 0.25) is 0 Å². The molecule has 3 aromatic rings. The fourth-order valence-electron chi connectivity index (χ4n) is 2.24. The second-order valence-electron chi connectivity index (χ2n) is 4.55. The van der Waals surface area contributed by atoms with Crippen LogP contribution < -0.4 is 5.73 Å². The number of benzene rings is 2. The van der Waals surface area contributed by atoms with Crippen LogP contribution in [0.2, 0.25) is 0 Å². The average Bonchev–Trinajstić information content (AvgIpc) is 2.47. The molecule has 0 aliphatic heterocycles. The first kappa shape index (κ1) is 12.2. The molecule has 0 saturated heterocycles. The summed E-state index contributed by atoms with van der Waals surface area (Å²) in [6, 6.07) is 12.5. The Bertz CT molecular complexity index is 812. The molecule has 0 spiro atoms. The number of nitrogen functional groups attached to an aromatic ring is 1. The molecule has 0 bridgehead atoms. The van der Waals surface area contributed by atoms with Crippen molar-refractivity contribution in [2.75, 3.05) is 5.73 Å². The number of carboxylic acids is 1. The molecule has 3 N–H and O–H groups in total. The van der Waals surface area contributed by atoms with Gasteiger partial charge >= 0.3 is 5.97 Å². The fraction of sp³-hybridized carbons (Fsp3) is 0. The monoisotopic (exact) mass is 264 g/mol. The Balaban J connectivity index is 2.19. The molecule has 1 aromatic heterocycles. The van der Waals surface area contributed by atoms with Gasteiger partial charge in [-0.3, -0.25) is 4.98 Å². The maximum Gasteiger partial charge on any atom is 0.335 e. The number of rotatable bonds is 2. The molecule has 0 amide bonds. The molecule has 0 saturated carbocycles. The van der Waals surface area contributed by atoms with Gasteiger partial charge in [0, 0.05) is 28.9 Å². The van der Waals surface area contributed by atoms with E-state index in [2.05, 4.69) is 4.98 Å². The van der Waals surface area contributed by atoms with Crippen LogP contribution in [-0.2, 0) is 0 Å². The summed E-state index contributed by atoms with van der Waals surface area (Å²) < 4.78 is 0. The summed E-state index contributed by atoms with van der Waals surface area (Å²) in [5.74, 6) is -0.942. The molecule has 0 atom stereocenters. The van der Waals surface area contributed by atoms with Crippen LogP contribution in [0.4, 0.5) is 5.69 Å². The third-order valence-electron chi connectivity index (χ3n) is 3.23. The van der Waals surface area contributed by atoms with Crippen LogP contribution in [0.1, 0.15) is 10.4 Å². The van der Waals surface area contributed by atoms with Crippen LogP contribution in [0.3, 0.4) is 0 Å². The highest BCUT2D eigenvalue weighted by molar-refractivity contribution is 5.97. The number of nitrogens with two attached hydrogens (primary N) is 1. The van der Waals surface area contributed by atoms with Crippen molar-refractivity contribution in [3.8, 4) is 11.1 Å². The SMILES string of the molecule is Nc1cc(-c2cccc(C(=O)O)c2)cc2cnccc12. The van der Waals surface area contributed by atoms with Crippen molar-refractivity contribution < 1.29 is 9.90 Å². The lowest BCUT2D eigenvalue weighted by atomic mass is 9.99. The van der Waals surface area contributed by atoms with Gasteiger partial charge in [0.05, 0.1) is 5.56 Å². The van der Waals surface area contributed by atoms with Crippen LogP contribution in [0.5, 0.6) is 0 Å². The number of nitrogens with zero attached hydrogens (tertiary/aromatic N) is 1. The molecule has 98 valence electrons. The number of hydrogen-bond donors (Lipinski definition) is 2. The number of aromatic nitrogens is 1. The van der Waals surface area contributed by atoms with Gasteiger partial charge in [0.15, 0.2) is 0 Å². The van der Waals surface area contributed by atoms with E-state index in [0.717, 1.165) is 21.9 Å². The number of pyridine rings is 1. The third-order valence-corrected chi connectivity index (χ3v) is 3.23. The van der Waals surface area contributed by atoms with Crippen LogP contribution >= 0.6 is 0 Å². The summed E-state index contributed by atoms with van der Waals surface area (Å²) in [6.45, 7) is 0. The molecule has 0 unspecified atom stereocenters. The molecule has 2 aromatic carbocycles. The van der Waals surface area contributed by atoms with E-state index in [1.54, 1.807) is 30.6 Å². The molecule has 0 fully saturated rings. The highest BCUT2D eigenvalue weighted by Crippen LogP contribution is 2.29. The Hall–Kier alpha value is -2.88. The van der Waals surface area contributed by atoms with E-state index >= 15 is 0 Å². The van der Waals surface area contributed by atoms with E-state index in [1.165, 1.54) is 0 Å². The Morgan fingerprint density at radius 2 is 1.95 bits per heavy atom. The second-order valence-corrected chi connectivity index (χ2v) is 4.55. The maximum absolute atomic E-state index is 11.0. The number of anilines is 1. The molecular weight excluding hydrogens is 252 g/mol. The smallest absolute Gasteiger partial charge is 0.335 e. The van der Waals surface area contributed by atoms with Crippen LogP contribution in [0.15, 0.2) is 54.9 Å². The molecular formula is C16H12N2O2. The number of aromatic carboxylic acids is 1. The molecule has 4 heteroatoms. The van der Waals surface area contributed by atoms with Gasteiger partial charge < -0.3 is 10.8 Å². The average molecular weight is 264 g/mol. The van der Waals surface area contributed by atoms with E-state index in [9.17, 15) is 4.79 Å². The number of hydrogen-bond acceptors (Lipinski definition) is 3. The zero-order valence-electron chi connectivity index (χ0n) is 10.6. The first-order chi connectivity index (χ1) is 9.65. The first-order valence-corrected chi connectivity index (χ1v) is 6.12. The summed E-state index contributed by atoms with van der Waals surface area (Å²) in [7, 11) is 0. The number of fused-ring (bicyclic) bond motifs is 1. The standard InChI is InChI=1S/C16H12N2O2/c17-15-8-12(7-13-9-18-5-4-14(13)15)10-2-1-3-11(6-10)16(19)20/h1-9H,17H2,(H,19,20). The van der Waals surface area contributed by atoms with Crippen molar-refractivity contribution in [2.45, 2.75) is 0 Å². The van der Waals surface area contributed by atoms with Crippen molar-refractivity contribution in [1.29, 1.82) is 0 Å². The molecule has 0 aliphatic carbocycles. The van der Waals surface area contributed by atoms with Gasteiger partial charge in [0.25, 0.3) is 0 Å². The van der Waals surface area contributed by atoms with E-state index < -0.39 is 5.97 Å². The van der Waals surface area contributed by atoms with Gasteiger partial charge in [-0.15, -0.1) is 0 Å². The van der Waals surface area contributed by atoms with Crippen LogP contribution in [0.25, 0.3) is 21.9 Å². The van der Waals surface area contributed by atoms with Gasteiger partial charge in [-0.05, 0) is 41.5 Å². The Kier molecular flexibility index (Phi) is 2.84. The highest BCUT2D eigenvalue weighted by Gasteiger charge is 2.07. The van der Waals surface area contributed by atoms with Gasteiger partial charge in [-0.1, -0.05) is 12.1 Å². The van der Waals surface area contributed by atoms with Gasteiger partial charge in [-0.25, -0.2) is 4.79 Å². The molecule has 0 radical (unpaired) electrons. The third kappa shape index (κ3) is 2.07. The number of carboxylic acid groups (broad SMARTS) is 1. The van der Waals surface area contributed by atoms with E-state index in [-0.39, 0.29) is 5.56 Å². The minimum absolute atomic E-state index is 0.257. The Morgan fingerprint density at radius 1 is 1.10 bits per heavy atom. The zero-order valence-corrected chi connectivity index (χ0v) is 10.6. The molecule has 0 aliphatic rings. The predicted molar refractivity (Wildman–Crippen MR) is 78.6 cm³/mol. The largest absolute Gasteiger partial charge is 0.478 e. The molecule has 1 heterocycles. The second kappa shape index (κ2) is 4.66. The predicted octanol–water partition coefficient (Wildman–Crippen LogP) is 3.18. The van der Waals surface area contributed by atoms with Crippen LogP contribution in [0, 0.1) is 0 Å². The summed E-state index contributed by atoms with van der Waals surface area (Å²) in [5.41, 5.74) is 8.66.